The lowest BCUT2D eigenvalue weighted by Crippen LogP contribution is -2.39. The Balaban J connectivity index is 2.17. The molecule has 1 aromatic carbocycles. The summed E-state index contributed by atoms with van der Waals surface area (Å²) in [5.74, 6) is -0.158. The molecule has 9 heteroatoms. The largest absolute Gasteiger partial charge is 0.480 e. The van der Waals surface area contributed by atoms with Gasteiger partial charge in [-0.2, -0.15) is 0 Å². The highest BCUT2D eigenvalue weighted by molar-refractivity contribution is 5.79. The van der Waals surface area contributed by atoms with E-state index in [2.05, 4.69) is 15.3 Å². The minimum Gasteiger partial charge on any atom is -0.480 e. The Morgan fingerprint density at radius 2 is 1.80 bits per heavy atom. The quantitative estimate of drug-likeness (QED) is 0.711. The van der Waals surface area contributed by atoms with E-state index in [1.165, 1.54) is 11.2 Å². The summed E-state index contributed by atoms with van der Waals surface area (Å²) in [5, 5.41) is 12.8. The van der Waals surface area contributed by atoms with Crippen molar-refractivity contribution in [2.45, 2.75) is 38.8 Å². The number of aromatic nitrogens is 2. The molecule has 1 aromatic heterocycles. The monoisotopic (exact) mass is 415 g/mol. The van der Waals surface area contributed by atoms with Gasteiger partial charge in [0.25, 0.3) is 0 Å². The molecule has 0 unspecified atom stereocenters. The second kappa shape index (κ2) is 9.43. The van der Waals surface area contributed by atoms with Crippen LogP contribution < -0.4 is 15.0 Å². The predicted molar refractivity (Wildman–Crippen MR) is 115 cm³/mol. The zero-order valence-electron chi connectivity index (χ0n) is 18.2. The van der Waals surface area contributed by atoms with E-state index in [4.69, 9.17) is 4.74 Å². The molecule has 1 heterocycles. The van der Waals surface area contributed by atoms with Crippen LogP contribution in [0.5, 0.6) is 5.75 Å². The molecule has 0 radical (unpaired) electrons. The van der Waals surface area contributed by atoms with Crippen LogP contribution >= 0.6 is 0 Å². The molecule has 9 nitrogen and oxygen atoms in total. The van der Waals surface area contributed by atoms with Crippen molar-refractivity contribution in [3.8, 4) is 5.75 Å². The normalized spacial score (nSPS) is 12.1. The molecule has 0 bridgehead atoms. The lowest BCUT2D eigenvalue weighted by molar-refractivity contribution is -0.137. The molecule has 0 aliphatic heterocycles. The molecule has 0 aliphatic rings. The molecule has 0 aliphatic carbocycles. The van der Waals surface area contributed by atoms with Crippen LogP contribution in [0.1, 0.15) is 26.3 Å². The van der Waals surface area contributed by atoms with Crippen LogP contribution in [-0.2, 0) is 11.2 Å². The first-order valence-corrected chi connectivity index (χ1v) is 9.50. The number of benzene rings is 1. The Kier molecular flexibility index (Phi) is 7.20. The minimum atomic E-state index is -0.999. The van der Waals surface area contributed by atoms with Gasteiger partial charge in [0.1, 0.15) is 18.1 Å². The number of carbonyl (C=O) groups excluding carboxylic acids is 1. The van der Waals surface area contributed by atoms with Crippen molar-refractivity contribution in [2.75, 3.05) is 31.4 Å². The molecule has 2 N–H and O–H groups in total. The van der Waals surface area contributed by atoms with Gasteiger partial charge in [0, 0.05) is 33.1 Å². The first-order chi connectivity index (χ1) is 14.0. The number of ether oxygens (including phenoxy) is 1. The molecule has 2 aromatic rings. The lowest BCUT2D eigenvalue weighted by atomic mass is 10.0. The third-order valence-corrected chi connectivity index (χ3v) is 4.60. The molecule has 2 rings (SSSR count). The van der Waals surface area contributed by atoms with Crippen LogP contribution in [0.3, 0.4) is 0 Å². The summed E-state index contributed by atoms with van der Waals surface area (Å²) in [5.41, 5.74) is 1.29. The third-order valence-electron chi connectivity index (χ3n) is 4.60. The van der Waals surface area contributed by atoms with Gasteiger partial charge in [0.15, 0.2) is 5.82 Å². The van der Waals surface area contributed by atoms with Crippen LogP contribution in [0.15, 0.2) is 36.8 Å². The van der Waals surface area contributed by atoms with Crippen LogP contribution in [0.2, 0.25) is 0 Å². The molecule has 1 atom stereocenters. The number of aliphatic carboxylic acids is 1. The topological polar surface area (TPSA) is 108 Å². The summed E-state index contributed by atoms with van der Waals surface area (Å²) in [6, 6.07) is 5.84. The van der Waals surface area contributed by atoms with Gasteiger partial charge >= 0.3 is 12.1 Å². The van der Waals surface area contributed by atoms with Gasteiger partial charge in [0.2, 0.25) is 0 Å². The molecule has 0 saturated carbocycles. The van der Waals surface area contributed by atoms with E-state index >= 15 is 0 Å². The number of hydrogen-bond donors (Lipinski definition) is 2. The average molecular weight is 415 g/mol. The third kappa shape index (κ3) is 6.07. The van der Waals surface area contributed by atoms with E-state index in [1.54, 1.807) is 44.6 Å². The van der Waals surface area contributed by atoms with Crippen LogP contribution in [0.25, 0.3) is 0 Å². The van der Waals surface area contributed by atoms with E-state index in [-0.39, 0.29) is 12.0 Å². The summed E-state index contributed by atoms with van der Waals surface area (Å²) >= 11 is 0. The Hall–Kier alpha value is -3.36. The van der Waals surface area contributed by atoms with Crippen molar-refractivity contribution in [1.82, 2.24) is 14.9 Å². The highest BCUT2D eigenvalue weighted by atomic mass is 16.6. The number of nitrogens with zero attached hydrogens (tertiary/aromatic N) is 4. The zero-order chi connectivity index (χ0) is 22.5. The fraction of sp³-hybridized carbons (Fsp3) is 0.429. The standard InChI is InChI=1S/C21H29N5O4/c1-21(2,3)26(6)17-12-22-13-23-18(17)24-16(19(27)28)11-14-7-9-15(10-8-14)30-20(29)25(4)5/h7-10,12-13,16H,11H2,1-6H3,(H,27,28)(H,22,23,24)/t16-/m0/s1. The number of carbonyl (C=O) groups is 2. The second-order valence-electron chi connectivity index (χ2n) is 8.13. The van der Waals surface area contributed by atoms with E-state index in [0.717, 1.165) is 5.56 Å². The maximum absolute atomic E-state index is 11.9. The number of carboxylic acids is 1. The second-order valence-corrected chi connectivity index (χ2v) is 8.13. The number of rotatable bonds is 7. The Morgan fingerprint density at radius 1 is 1.17 bits per heavy atom. The van der Waals surface area contributed by atoms with Gasteiger partial charge < -0.3 is 25.0 Å². The van der Waals surface area contributed by atoms with Crippen molar-refractivity contribution in [3.05, 3.63) is 42.4 Å². The summed E-state index contributed by atoms with van der Waals surface area (Å²) in [7, 11) is 5.10. The molecule has 162 valence electrons. The zero-order valence-corrected chi connectivity index (χ0v) is 18.2. The highest BCUT2D eigenvalue weighted by Crippen LogP contribution is 2.28. The average Bonchev–Trinajstić information content (AvgIpc) is 2.67. The van der Waals surface area contributed by atoms with Crippen molar-refractivity contribution >= 4 is 23.6 Å². The van der Waals surface area contributed by atoms with Crippen molar-refractivity contribution in [1.29, 1.82) is 0 Å². The molecule has 1 amide bonds. The smallest absolute Gasteiger partial charge is 0.414 e. The highest BCUT2D eigenvalue weighted by Gasteiger charge is 2.24. The van der Waals surface area contributed by atoms with Crippen LogP contribution in [0.4, 0.5) is 16.3 Å². The number of amides is 1. The van der Waals surface area contributed by atoms with Gasteiger partial charge in [-0.05, 0) is 38.5 Å². The molecule has 0 spiro atoms. The van der Waals surface area contributed by atoms with Crippen LogP contribution in [-0.4, -0.2) is 64.8 Å². The number of anilines is 2. The molecular formula is C21H29N5O4. The Labute approximate surface area is 176 Å². The maximum atomic E-state index is 11.9. The molecule has 30 heavy (non-hydrogen) atoms. The van der Waals surface area contributed by atoms with Gasteiger partial charge in [-0.3, -0.25) is 0 Å². The van der Waals surface area contributed by atoms with E-state index in [1.807, 2.05) is 32.7 Å². The van der Waals surface area contributed by atoms with Crippen molar-refractivity contribution < 1.29 is 19.4 Å². The number of carboxylic acid groups (broad SMARTS) is 1. The predicted octanol–water partition coefficient (Wildman–Crippen LogP) is 2.88. The number of hydrogen-bond acceptors (Lipinski definition) is 7. The van der Waals surface area contributed by atoms with Crippen LogP contribution in [0, 0.1) is 0 Å². The summed E-state index contributed by atoms with van der Waals surface area (Å²) in [6.07, 6.45) is 2.79. The van der Waals surface area contributed by atoms with Crippen molar-refractivity contribution in [2.24, 2.45) is 0 Å². The number of nitrogens with one attached hydrogen (secondary N) is 1. The fourth-order valence-corrected chi connectivity index (χ4v) is 2.53. The SMILES string of the molecule is CN(C)C(=O)Oc1ccc(C[C@H](Nc2ncncc2N(C)C(C)(C)C)C(=O)O)cc1. The molecular weight excluding hydrogens is 386 g/mol. The van der Waals surface area contributed by atoms with E-state index in [0.29, 0.717) is 17.3 Å². The maximum Gasteiger partial charge on any atom is 0.414 e. The first-order valence-electron chi connectivity index (χ1n) is 9.50. The molecule has 0 saturated heterocycles. The molecule has 0 fully saturated rings. The fourth-order valence-electron chi connectivity index (χ4n) is 2.53. The van der Waals surface area contributed by atoms with E-state index in [9.17, 15) is 14.7 Å². The summed E-state index contributed by atoms with van der Waals surface area (Å²) in [4.78, 5) is 35.1. The first kappa shape index (κ1) is 22.9. The lowest BCUT2D eigenvalue weighted by Gasteiger charge is -2.35. The Morgan fingerprint density at radius 3 is 2.33 bits per heavy atom. The summed E-state index contributed by atoms with van der Waals surface area (Å²) in [6.45, 7) is 6.13. The van der Waals surface area contributed by atoms with Gasteiger partial charge in [-0.25, -0.2) is 19.6 Å². The Bertz CT molecular complexity index is 878. The summed E-state index contributed by atoms with van der Waals surface area (Å²) < 4.78 is 5.19. The van der Waals surface area contributed by atoms with Gasteiger partial charge in [0.05, 0.1) is 11.9 Å². The van der Waals surface area contributed by atoms with Crippen molar-refractivity contribution in [3.63, 3.8) is 0 Å². The van der Waals surface area contributed by atoms with Gasteiger partial charge in [-0.1, -0.05) is 12.1 Å². The van der Waals surface area contributed by atoms with Gasteiger partial charge in [-0.15, -0.1) is 0 Å². The minimum absolute atomic E-state index is 0.195. The van der Waals surface area contributed by atoms with E-state index < -0.39 is 18.1 Å².